The van der Waals surface area contributed by atoms with Gasteiger partial charge in [0.2, 0.25) is 5.91 Å². The fraction of sp³-hybridized carbons (Fsp3) is 0.154. The van der Waals surface area contributed by atoms with Gasteiger partial charge in [-0.2, -0.15) is 5.10 Å². The SMILES string of the molecule is O=C(O)CCOc1ccc(/C=N\NC(=O)C[C@H](NC(=O)c2ccccc2)c2ccccc2)cc1. The van der Waals surface area contributed by atoms with E-state index in [1.165, 1.54) is 6.21 Å². The quantitative estimate of drug-likeness (QED) is 0.299. The zero-order valence-electron chi connectivity index (χ0n) is 18.4. The average molecular weight is 460 g/mol. The van der Waals surface area contributed by atoms with Crippen LogP contribution in [0.3, 0.4) is 0 Å². The molecule has 34 heavy (non-hydrogen) atoms. The Kier molecular flexibility index (Phi) is 8.92. The minimum atomic E-state index is -0.923. The van der Waals surface area contributed by atoms with Crippen molar-refractivity contribution in [1.29, 1.82) is 0 Å². The van der Waals surface area contributed by atoms with E-state index < -0.39 is 12.0 Å². The maximum atomic E-state index is 12.6. The van der Waals surface area contributed by atoms with Crippen LogP contribution in [0.2, 0.25) is 0 Å². The molecule has 0 fully saturated rings. The molecule has 8 heteroatoms. The van der Waals surface area contributed by atoms with Crippen LogP contribution < -0.4 is 15.5 Å². The number of nitrogens with zero attached hydrogens (tertiary/aromatic N) is 1. The predicted molar refractivity (Wildman–Crippen MR) is 128 cm³/mol. The van der Waals surface area contributed by atoms with Crippen LogP contribution >= 0.6 is 0 Å². The summed E-state index contributed by atoms with van der Waals surface area (Å²) in [7, 11) is 0. The lowest BCUT2D eigenvalue weighted by Crippen LogP contribution is -2.32. The lowest BCUT2D eigenvalue weighted by molar-refractivity contribution is -0.137. The molecule has 0 aromatic heterocycles. The van der Waals surface area contributed by atoms with E-state index in [9.17, 15) is 14.4 Å². The van der Waals surface area contributed by atoms with Gasteiger partial charge >= 0.3 is 5.97 Å². The lowest BCUT2D eigenvalue weighted by Gasteiger charge is -2.18. The first-order valence-electron chi connectivity index (χ1n) is 10.7. The topological polar surface area (TPSA) is 117 Å². The molecule has 0 aliphatic carbocycles. The van der Waals surface area contributed by atoms with Crippen molar-refractivity contribution in [2.75, 3.05) is 6.61 Å². The molecule has 2 amide bonds. The van der Waals surface area contributed by atoms with Gasteiger partial charge in [-0.25, -0.2) is 5.43 Å². The van der Waals surface area contributed by atoms with Crippen molar-refractivity contribution >= 4 is 24.0 Å². The predicted octanol–water partition coefficient (Wildman–Crippen LogP) is 3.55. The van der Waals surface area contributed by atoms with Crippen LogP contribution in [-0.2, 0) is 9.59 Å². The van der Waals surface area contributed by atoms with Crippen LogP contribution in [0, 0.1) is 0 Å². The summed E-state index contributed by atoms with van der Waals surface area (Å²) < 4.78 is 5.33. The lowest BCUT2D eigenvalue weighted by atomic mass is 10.0. The van der Waals surface area contributed by atoms with E-state index in [-0.39, 0.29) is 31.3 Å². The second-order valence-corrected chi connectivity index (χ2v) is 7.36. The minimum absolute atomic E-state index is 0.0102. The zero-order chi connectivity index (χ0) is 24.2. The third-order valence-electron chi connectivity index (χ3n) is 4.80. The molecule has 0 saturated carbocycles. The number of aliphatic carboxylic acids is 1. The number of rotatable bonds is 11. The number of hydrazone groups is 1. The van der Waals surface area contributed by atoms with Crippen LogP contribution in [0.4, 0.5) is 0 Å². The summed E-state index contributed by atoms with van der Waals surface area (Å²) in [6.07, 6.45) is 1.42. The highest BCUT2D eigenvalue weighted by Gasteiger charge is 2.19. The fourth-order valence-electron chi connectivity index (χ4n) is 3.08. The maximum Gasteiger partial charge on any atom is 0.306 e. The molecule has 0 radical (unpaired) electrons. The molecule has 3 N–H and O–H groups in total. The highest BCUT2D eigenvalue weighted by molar-refractivity contribution is 5.94. The molecule has 8 nitrogen and oxygen atoms in total. The van der Waals surface area contributed by atoms with Gasteiger partial charge in [0.05, 0.1) is 31.7 Å². The average Bonchev–Trinajstić information content (AvgIpc) is 2.85. The van der Waals surface area contributed by atoms with Gasteiger partial charge in [0, 0.05) is 5.56 Å². The van der Waals surface area contributed by atoms with Gasteiger partial charge in [-0.1, -0.05) is 48.5 Å². The third kappa shape index (κ3) is 7.90. The number of nitrogens with one attached hydrogen (secondary N) is 2. The number of amides is 2. The Morgan fingerprint density at radius 1 is 0.912 bits per heavy atom. The molecule has 3 aromatic carbocycles. The number of hydrogen-bond acceptors (Lipinski definition) is 5. The van der Waals surface area contributed by atoms with E-state index in [1.54, 1.807) is 48.5 Å². The van der Waals surface area contributed by atoms with Gasteiger partial charge in [-0.15, -0.1) is 0 Å². The Balaban J connectivity index is 1.56. The van der Waals surface area contributed by atoms with Crippen LogP contribution in [0.15, 0.2) is 90.0 Å². The van der Waals surface area contributed by atoms with Gasteiger partial charge in [-0.05, 0) is 47.5 Å². The molecule has 0 heterocycles. The van der Waals surface area contributed by atoms with E-state index in [0.29, 0.717) is 11.3 Å². The fourth-order valence-corrected chi connectivity index (χ4v) is 3.08. The first-order chi connectivity index (χ1) is 16.5. The molecule has 0 bridgehead atoms. The Hall–Kier alpha value is -4.46. The summed E-state index contributed by atoms with van der Waals surface area (Å²) >= 11 is 0. The highest BCUT2D eigenvalue weighted by atomic mass is 16.5. The minimum Gasteiger partial charge on any atom is -0.493 e. The molecule has 174 valence electrons. The van der Waals surface area contributed by atoms with Crippen molar-refractivity contribution in [3.05, 3.63) is 102 Å². The summed E-state index contributed by atoms with van der Waals surface area (Å²) in [6, 6.07) is 24.4. The van der Waals surface area contributed by atoms with Crippen molar-refractivity contribution < 1.29 is 24.2 Å². The van der Waals surface area contributed by atoms with E-state index in [0.717, 1.165) is 11.1 Å². The molecule has 0 aliphatic heterocycles. The zero-order valence-corrected chi connectivity index (χ0v) is 18.4. The van der Waals surface area contributed by atoms with Crippen molar-refractivity contribution in [3.8, 4) is 5.75 Å². The number of carbonyl (C=O) groups is 3. The number of carboxylic acid groups (broad SMARTS) is 1. The van der Waals surface area contributed by atoms with Gasteiger partial charge in [0.25, 0.3) is 5.91 Å². The Morgan fingerprint density at radius 2 is 1.56 bits per heavy atom. The van der Waals surface area contributed by atoms with Crippen molar-refractivity contribution in [3.63, 3.8) is 0 Å². The second-order valence-electron chi connectivity index (χ2n) is 7.36. The third-order valence-corrected chi connectivity index (χ3v) is 4.80. The Bertz CT molecular complexity index is 1120. The van der Waals surface area contributed by atoms with Gasteiger partial charge < -0.3 is 15.2 Å². The standard InChI is InChI=1S/C26H25N3O5/c30-24(29-27-18-19-11-13-22(14-12-19)34-16-15-25(31)32)17-23(20-7-3-1-4-8-20)28-26(33)21-9-5-2-6-10-21/h1-14,18,23H,15-17H2,(H,28,33)(H,29,30)(H,31,32)/b27-18-/t23-/m0/s1. The molecule has 3 rings (SSSR count). The number of carbonyl (C=O) groups excluding carboxylic acids is 2. The molecular weight excluding hydrogens is 434 g/mol. The monoisotopic (exact) mass is 459 g/mol. The normalized spacial score (nSPS) is 11.5. The summed E-state index contributed by atoms with van der Waals surface area (Å²) in [5, 5.41) is 15.5. The number of ether oxygens (including phenoxy) is 1. The summed E-state index contributed by atoms with van der Waals surface area (Å²) in [5.74, 6) is -1.00. The summed E-state index contributed by atoms with van der Waals surface area (Å²) in [6.45, 7) is 0.0855. The van der Waals surface area contributed by atoms with Crippen LogP contribution in [-0.4, -0.2) is 35.7 Å². The number of benzene rings is 3. The van der Waals surface area contributed by atoms with Crippen LogP contribution in [0.1, 0.15) is 40.4 Å². The van der Waals surface area contributed by atoms with E-state index in [1.807, 2.05) is 36.4 Å². The molecule has 0 unspecified atom stereocenters. The highest BCUT2D eigenvalue weighted by Crippen LogP contribution is 2.17. The second kappa shape index (κ2) is 12.5. The smallest absolute Gasteiger partial charge is 0.306 e. The van der Waals surface area contributed by atoms with E-state index in [4.69, 9.17) is 9.84 Å². The first-order valence-corrected chi connectivity index (χ1v) is 10.7. The maximum absolute atomic E-state index is 12.6. The van der Waals surface area contributed by atoms with Crippen molar-refractivity contribution in [2.24, 2.45) is 5.10 Å². The molecule has 0 spiro atoms. The van der Waals surface area contributed by atoms with E-state index >= 15 is 0 Å². The van der Waals surface area contributed by atoms with Gasteiger partial charge in [-0.3, -0.25) is 14.4 Å². The van der Waals surface area contributed by atoms with Gasteiger partial charge in [0.15, 0.2) is 0 Å². The number of hydrogen-bond donors (Lipinski definition) is 3. The van der Waals surface area contributed by atoms with Crippen LogP contribution in [0.25, 0.3) is 0 Å². The molecule has 0 saturated heterocycles. The van der Waals surface area contributed by atoms with Crippen molar-refractivity contribution in [1.82, 2.24) is 10.7 Å². The molecule has 3 aromatic rings. The largest absolute Gasteiger partial charge is 0.493 e. The Morgan fingerprint density at radius 3 is 2.21 bits per heavy atom. The Labute approximate surface area is 197 Å². The molecule has 0 aliphatic rings. The van der Waals surface area contributed by atoms with Crippen LogP contribution in [0.5, 0.6) is 5.75 Å². The summed E-state index contributed by atoms with van der Waals surface area (Å²) in [5.41, 5.74) is 4.53. The molecular formula is C26H25N3O5. The van der Waals surface area contributed by atoms with E-state index in [2.05, 4.69) is 15.8 Å². The number of carboxylic acids is 1. The van der Waals surface area contributed by atoms with Gasteiger partial charge in [0.1, 0.15) is 5.75 Å². The molecule has 1 atom stereocenters. The van der Waals surface area contributed by atoms with Crippen molar-refractivity contribution in [2.45, 2.75) is 18.9 Å². The first kappa shape index (κ1) is 24.2. The summed E-state index contributed by atoms with van der Waals surface area (Å²) in [4.78, 5) is 35.7.